The van der Waals surface area contributed by atoms with Crippen LogP contribution >= 0.6 is 0 Å². The molecule has 1 heterocycles. The number of aliphatic carboxylic acids is 1. The van der Waals surface area contributed by atoms with Crippen LogP contribution in [0.1, 0.15) is 34.7 Å². The molecule has 0 spiro atoms. The summed E-state index contributed by atoms with van der Waals surface area (Å²) in [5.74, 6) is -0.824. The summed E-state index contributed by atoms with van der Waals surface area (Å²) in [4.78, 5) is 22.4. The Morgan fingerprint density at radius 2 is 2.05 bits per heavy atom. The number of nitrogens with one attached hydrogen (secondary N) is 2. The van der Waals surface area contributed by atoms with Gasteiger partial charge < -0.3 is 15.2 Å². The molecule has 2 rings (SSSR count). The van der Waals surface area contributed by atoms with E-state index in [1.807, 2.05) is 13.8 Å². The van der Waals surface area contributed by atoms with Crippen molar-refractivity contribution in [3.05, 3.63) is 47.3 Å². The summed E-state index contributed by atoms with van der Waals surface area (Å²) in [6.45, 7) is 3.29. The van der Waals surface area contributed by atoms with Gasteiger partial charge in [0.1, 0.15) is 11.4 Å². The summed E-state index contributed by atoms with van der Waals surface area (Å²) in [5.41, 5.74) is 2.03. The Labute approximate surface area is 127 Å². The molecule has 7 heteroatoms. The first-order valence-electron chi connectivity index (χ1n) is 6.73. The van der Waals surface area contributed by atoms with Crippen LogP contribution in [0.25, 0.3) is 0 Å². The fourth-order valence-electron chi connectivity index (χ4n) is 1.89. The number of hydrogen-bond acceptors (Lipinski definition) is 4. The minimum absolute atomic E-state index is 0.210. The van der Waals surface area contributed by atoms with Crippen molar-refractivity contribution in [1.29, 1.82) is 0 Å². The van der Waals surface area contributed by atoms with Gasteiger partial charge in [-0.15, -0.1) is 0 Å². The van der Waals surface area contributed by atoms with Gasteiger partial charge in [-0.2, -0.15) is 5.10 Å². The average molecular weight is 303 g/mol. The maximum absolute atomic E-state index is 12.0. The van der Waals surface area contributed by atoms with E-state index in [9.17, 15) is 9.59 Å². The molecule has 0 saturated heterocycles. The van der Waals surface area contributed by atoms with Gasteiger partial charge in [0, 0.05) is 5.69 Å². The number of carboxylic acids is 1. The van der Waals surface area contributed by atoms with Gasteiger partial charge in [-0.3, -0.25) is 9.89 Å². The van der Waals surface area contributed by atoms with E-state index in [4.69, 9.17) is 9.84 Å². The van der Waals surface area contributed by atoms with Crippen molar-refractivity contribution < 1.29 is 19.4 Å². The fraction of sp³-hybridized carbons (Fsp3) is 0.267. The molecule has 0 fully saturated rings. The summed E-state index contributed by atoms with van der Waals surface area (Å²) in [5, 5.41) is 18.0. The molecule has 7 nitrogen and oxygen atoms in total. The summed E-state index contributed by atoms with van der Waals surface area (Å²) < 4.78 is 5.05. The van der Waals surface area contributed by atoms with Gasteiger partial charge in [-0.05, 0) is 37.6 Å². The van der Waals surface area contributed by atoms with Gasteiger partial charge >= 0.3 is 5.97 Å². The Morgan fingerprint density at radius 1 is 1.36 bits per heavy atom. The second-order valence-corrected chi connectivity index (χ2v) is 4.88. The SMILES string of the molecule is Cc1cc(C(=O)NC(C)c2ccc(OCC(=O)O)cc2)n[nH]1. The highest BCUT2D eigenvalue weighted by Crippen LogP contribution is 2.18. The lowest BCUT2D eigenvalue weighted by molar-refractivity contribution is -0.139. The predicted molar refractivity (Wildman–Crippen MR) is 78.8 cm³/mol. The molecule has 0 radical (unpaired) electrons. The highest BCUT2D eigenvalue weighted by molar-refractivity contribution is 5.92. The van der Waals surface area contributed by atoms with Crippen molar-refractivity contribution in [2.24, 2.45) is 0 Å². The number of ether oxygens (including phenoxy) is 1. The smallest absolute Gasteiger partial charge is 0.341 e. The van der Waals surface area contributed by atoms with Crippen LogP contribution in [0.3, 0.4) is 0 Å². The number of carbonyl (C=O) groups is 2. The van der Waals surface area contributed by atoms with Crippen molar-refractivity contribution in [3.63, 3.8) is 0 Å². The summed E-state index contributed by atoms with van der Waals surface area (Å²) in [6, 6.07) is 8.35. The minimum atomic E-state index is -1.03. The average Bonchev–Trinajstić information content (AvgIpc) is 2.92. The second-order valence-electron chi connectivity index (χ2n) is 4.88. The molecule has 116 valence electrons. The van der Waals surface area contributed by atoms with Gasteiger partial charge in [-0.1, -0.05) is 12.1 Å². The highest BCUT2D eigenvalue weighted by Gasteiger charge is 2.13. The first-order valence-corrected chi connectivity index (χ1v) is 6.73. The zero-order valence-electron chi connectivity index (χ0n) is 12.3. The predicted octanol–water partition coefficient (Wildman–Crippen LogP) is 1.67. The van der Waals surface area contributed by atoms with E-state index in [1.165, 1.54) is 0 Å². The van der Waals surface area contributed by atoms with Gasteiger partial charge in [0.15, 0.2) is 6.61 Å². The van der Waals surface area contributed by atoms with Crippen LogP contribution in [0.2, 0.25) is 0 Å². The Kier molecular flexibility index (Phi) is 4.77. The van der Waals surface area contributed by atoms with Crippen LogP contribution in [0.15, 0.2) is 30.3 Å². The first kappa shape index (κ1) is 15.6. The largest absolute Gasteiger partial charge is 0.482 e. The molecule has 1 atom stereocenters. The standard InChI is InChI=1S/C15H17N3O4/c1-9-7-13(18-17-9)15(21)16-10(2)11-3-5-12(6-4-11)22-8-14(19)20/h3-7,10H,8H2,1-2H3,(H,16,21)(H,17,18)(H,19,20). The van der Waals surface area contributed by atoms with E-state index in [0.717, 1.165) is 11.3 Å². The zero-order chi connectivity index (χ0) is 16.1. The van der Waals surface area contributed by atoms with Crippen LogP contribution < -0.4 is 10.1 Å². The lowest BCUT2D eigenvalue weighted by Crippen LogP contribution is -2.26. The molecule has 0 aliphatic rings. The van der Waals surface area contributed by atoms with Gasteiger partial charge in [0.2, 0.25) is 0 Å². The van der Waals surface area contributed by atoms with Crippen LogP contribution in [0.4, 0.5) is 0 Å². The number of carbonyl (C=O) groups excluding carboxylic acids is 1. The summed E-state index contributed by atoms with van der Waals surface area (Å²) in [7, 11) is 0. The molecule has 22 heavy (non-hydrogen) atoms. The molecular weight excluding hydrogens is 286 g/mol. The van der Waals surface area contributed by atoms with Crippen molar-refractivity contribution in [3.8, 4) is 5.75 Å². The molecule has 1 amide bonds. The van der Waals surface area contributed by atoms with Crippen molar-refractivity contribution in [1.82, 2.24) is 15.5 Å². The van der Waals surface area contributed by atoms with E-state index in [-0.39, 0.29) is 18.6 Å². The van der Waals surface area contributed by atoms with Crippen molar-refractivity contribution >= 4 is 11.9 Å². The van der Waals surface area contributed by atoms with Gasteiger partial charge in [-0.25, -0.2) is 4.79 Å². The first-order chi connectivity index (χ1) is 10.5. The topological polar surface area (TPSA) is 104 Å². The molecule has 2 aromatic rings. The van der Waals surface area contributed by atoms with E-state index in [1.54, 1.807) is 30.3 Å². The molecule has 1 unspecified atom stereocenters. The molecule has 0 aliphatic carbocycles. The number of benzene rings is 1. The quantitative estimate of drug-likeness (QED) is 0.753. The lowest BCUT2D eigenvalue weighted by atomic mass is 10.1. The number of H-pyrrole nitrogens is 1. The van der Waals surface area contributed by atoms with E-state index < -0.39 is 5.97 Å². The maximum atomic E-state index is 12.0. The number of carboxylic acid groups (broad SMARTS) is 1. The number of aromatic amines is 1. The molecule has 0 saturated carbocycles. The number of aryl methyl sites for hydroxylation is 1. The van der Waals surface area contributed by atoms with E-state index in [2.05, 4.69) is 15.5 Å². The Bertz CT molecular complexity index is 664. The fourth-order valence-corrected chi connectivity index (χ4v) is 1.89. The second kappa shape index (κ2) is 6.75. The van der Waals surface area contributed by atoms with Crippen LogP contribution in [-0.4, -0.2) is 33.8 Å². The molecule has 0 bridgehead atoms. The van der Waals surface area contributed by atoms with Gasteiger partial charge in [0.25, 0.3) is 5.91 Å². The van der Waals surface area contributed by atoms with Crippen LogP contribution in [-0.2, 0) is 4.79 Å². The Morgan fingerprint density at radius 3 is 2.59 bits per heavy atom. The van der Waals surface area contributed by atoms with Crippen LogP contribution in [0, 0.1) is 6.92 Å². The minimum Gasteiger partial charge on any atom is -0.482 e. The third-order valence-electron chi connectivity index (χ3n) is 3.03. The maximum Gasteiger partial charge on any atom is 0.341 e. The monoisotopic (exact) mass is 303 g/mol. The Hall–Kier alpha value is -2.83. The number of rotatable bonds is 6. The number of hydrogen-bond donors (Lipinski definition) is 3. The summed E-state index contributed by atoms with van der Waals surface area (Å²) >= 11 is 0. The Balaban J connectivity index is 1.96. The van der Waals surface area contributed by atoms with E-state index in [0.29, 0.717) is 11.4 Å². The van der Waals surface area contributed by atoms with Crippen molar-refractivity contribution in [2.75, 3.05) is 6.61 Å². The van der Waals surface area contributed by atoms with Crippen LogP contribution in [0.5, 0.6) is 5.75 Å². The molecular formula is C15H17N3O4. The normalized spacial score (nSPS) is 11.7. The molecule has 3 N–H and O–H groups in total. The molecule has 1 aromatic heterocycles. The number of aromatic nitrogens is 2. The highest BCUT2D eigenvalue weighted by atomic mass is 16.5. The zero-order valence-corrected chi connectivity index (χ0v) is 12.3. The summed E-state index contributed by atoms with van der Waals surface area (Å²) in [6.07, 6.45) is 0. The third kappa shape index (κ3) is 4.08. The van der Waals surface area contributed by atoms with E-state index >= 15 is 0 Å². The third-order valence-corrected chi connectivity index (χ3v) is 3.03. The number of nitrogens with zero attached hydrogens (tertiary/aromatic N) is 1. The van der Waals surface area contributed by atoms with Gasteiger partial charge in [0.05, 0.1) is 6.04 Å². The molecule has 1 aromatic carbocycles. The van der Waals surface area contributed by atoms with Crippen molar-refractivity contribution in [2.45, 2.75) is 19.9 Å². The lowest BCUT2D eigenvalue weighted by Gasteiger charge is -2.14. The molecule has 0 aliphatic heterocycles. The number of amides is 1.